The van der Waals surface area contributed by atoms with E-state index in [2.05, 4.69) is 5.32 Å². The van der Waals surface area contributed by atoms with E-state index in [4.69, 9.17) is 16.3 Å². The molecule has 3 rings (SSSR count). The average molecular weight is 515 g/mol. The van der Waals surface area contributed by atoms with Gasteiger partial charge in [-0.25, -0.2) is 0 Å². The highest BCUT2D eigenvalue weighted by atomic mass is 35.5. The number of aliphatic hydroxyl groups is 1. The number of nitrogens with zero attached hydrogens (tertiary/aromatic N) is 1. The summed E-state index contributed by atoms with van der Waals surface area (Å²) >= 11 is 6.03. The molecule has 1 fully saturated rings. The Labute approximate surface area is 217 Å². The molecule has 2 amide bonds. The van der Waals surface area contributed by atoms with Crippen LogP contribution in [0.4, 0.5) is 0 Å². The van der Waals surface area contributed by atoms with Gasteiger partial charge in [-0.3, -0.25) is 14.4 Å². The Morgan fingerprint density at radius 2 is 1.81 bits per heavy atom. The summed E-state index contributed by atoms with van der Waals surface area (Å²) in [5.74, 6) is -1.10. The van der Waals surface area contributed by atoms with E-state index >= 15 is 0 Å². The fourth-order valence-electron chi connectivity index (χ4n) is 4.69. The molecule has 0 aromatic heterocycles. The van der Waals surface area contributed by atoms with Crippen molar-refractivity contribution in [2.45, 2.75) is 59.3 Å². The first-order valence-corrected chi connectivity index (χ1v) is 12.5. The average Bonchev–Trinajstić information content (AvgIpc) is 2.82. The molecule has 2 aromatic rings. The lowest BCUT2D eigenvalue weighted by Gasteiger charge is -2.51. The Morgan fingerprint density at radius 1 is 1.14 bits per heavy atom. The maximum atomic E-state index is 13.6. The lowest BCUT2D eigenvalue weighted by molar-refractivity contribution is -0.155. The first kappa shape index (κ1) is 27.7. The van der Waals surface area contributed by atoms with Crippen LogP contribution in [-0.4, -0.2) is 46.9 Å². The van der Waals surface area contributed by atoms with Crippen molar-refractivity contribution in [3.8, 4) is 0 Å². The number of esters is 1. The highest BCUT2D eigenvalue weighted by Crippen LogP contribution is 2.46. The van der Waals surface area contributed by atoms with E-state index in [1.165, 1.54) is 6.92 Å². The summed E-state index contributed by atoms with van der Waals surface area (Å²) < 4.78 is 5.02. The predicted molar refractivity (Wildman–Crippen MR) is 138 cm³/mol. The molecule has 0 spiro atoms. The quantitative estimate of drug-likeness (QED) is 0.537. The zero-order chi connectivity index (χ0) is 26.7. The van der Waals surface area contributed by atoms with Gasteiger partial charge in [-0.15, -0.1) is 0 Å². The smallest absolute Gasteiger partial charge is 0.302 e. The molecule has 1 heterocycles. The molecule has 0 radical (unpaired) electrons. The summed E-state index contributed by atoms with van der Waals surface area (Å²) in [5.41, 5.74) is 0.0867. The first-order valence-electron chi connectivity index (χ1n) is 12.1. The lowest BCUT2D eigenvalue weighted by atomic mass is 9.66. The molecule has 0 aliphatic carbocycles. The molecule has 36 heavy (non-hydrogen) atoms. The minimum Gasteiger partial charge on any atom is -0.461 e. The van der Waals surface area contributed by atoms with Gasteiger partial charge in [-0.2, -0.15) is 0 Å². The van der Waals surface area contributed by atoms with Gasteiger partial charge in [0.05, 0.1) is 5.60 Å². The van der Waals surface area contributed by atoms with Gasteiger partial charge in [0.1, 0.15) is 12.6 Å². The third-order valence-corrected chi connectivity index (χ3v) is 7.19. The van der Waals surface area contributed by atoms with Crippen molar-refractivity contribution in [1.82, 2.24) is 10.2 Å². The van der Waals surface area contributed by atoms with Crippen LogP contribution in [0.1, 0.15) is 62.5 Å². The minimum atomic E-state index is -1.12. The van der Waals surface area contributed by atoms with Gasteiger partial charge in [0.2, 0.25) is 5.91 Å². The standard InChI is InChI=1S/C28H35ClN2O5/c1-18(2)24(30-25(33)21-8-6-7-20(15-21)16-36-19(3)32)26(34)31-14-13-28(35,27(4,5)17-31)22-9-11-23(29)12-10-22/h6-12,15,18,24,35H,13-14,16-17H2,1-5H3,(H,30,33). The largest absolute Gasteiger partial charge is 0.461 e. The SMILES string of the molecule is CC(=O)OCc1cccc(C(=O)NC(C(=O)N2CCC(O)(c3ccc(Cl)cc3)C(C)(C)C2)C(C)C)c1. The fraction of sp³-hybridized carbons (Fsp3) is 0.464. The van der Waals surface area contributed by atoms with Gasteiger partial charge < -0.3 is 20.1 Å². The maximum Gasteiger partial charge on any atom is 0.302 e. The normalized spacial score (nSPS) is 20.1. The molecular weight excluding hydrogens is 480 g/mol. The molecule has 2 atom stereocenters. The summed E-state index contributed by atoms with van der Waals surface area (Å²) in [7, 11) is 0. The number of hydrogen-bond acceptors (Lipinski definition) is 5. The number of nitrogens with one attached hydrogen (secondary N) is 1. The van der Waals surface area contributed by atoms with Crippen molar-refractivity contribution >= 4 is 29.4 Å². The molecule has 1 aliphatic rings. The zero-order valence-electron chi connectivity index (χ0n) is 21.5. The van der Waals surface area contributed by atoms with E-state index in [0.29, 0.717) is 35.7 Å². The predicted octanol–water partition coefficient (Wildman–Crippen LogP) is 4.30. The lowest BCUT2D eigenvalue weighted by Crippen LogP contribution is -2.60. The molecule has 2 N–H and O–H groups in total. The van der Waals surface area contributed by atoms with E-state index in [9.17, 15) is 19.5 Å². The number of carbonyl (C=O) groups excluding carboxylic acids is 3. The second kappa shape index (κ2) is 11.0. The number of amides is 2. The molecule has 194 valence electrons. The molecule has 1 saturated heterocycles. The topological polar surface area (TPSA) is 95.9 Å². The van der Waals surface area contributed by atoms with Gasteiger partial charge in [0, 0.05) is 36.0 Å². The maximum absolute atomic E-state index is 13.6. The molecule has 8 heteroatoms. The van der Waals surface area contributed by atoms with E-state index in [1.807, 2.05) is 39.8 Å². The fourth-order valence-corrected chi connectivity index (χ4v) is 4.82. The third kappa shape index (κ3) is 6.08. The van der Waals surface area contributed by atoms with Crippen molar-refractivity contribution in [2.75, 3.05) is 13.1 Å². The molecule has 0 saturated carbocycles. The minimum absolute atomic E-state index is 0.0718. The number of likely N-dealkylation sites (tertiary alicyclic amines) is 1. The van der Waals surface area contributed by atoms with Crippen LogP contribution < -0.4 is 5.32 Å². The van der Waals surface area contributed by atoms with Gasteiger partial charge >= 0.3 is 5.97 Å². The molecule has 1 aliphatic heterocycles. The Morgan fingerprint density at radius 3 is 2.39 bits per heavy atom. The first-order chi connectivity index (χ1) is 16.8. The van der Waals surface area contributed by atoms with Crippen molar-refractivity contribution < 1.29 is 24.2 Å². The van der Waals surface area contributed by atoms with Crippen LogP contribution >= 0.6 is 11.6 Å². The number of rotatable bonds is 7. The van der Waals surface area contributed by atoms with Crippen LogP contribution in [0.5, 0.6) is 0 Å². The van der Waals surface area contributed by atoms with E-state index in [1.54, 1.807) is 41.3 Å². The van der Waals surface area contributed by atoms with Gasteiger partial charge in [-0.05, 0) is 47.7 Å². The number of benzene rings is 2. The summed E-state index contributed by atoms with van der Waals surface area (Å²) in [4.78, 5) is 39.5. The summed E-state index contributed by atoms with van der Waals surface area (Å²) in [6, 6.07) is 13.2. The van der Waals surface area contributed by atoms with Crippen LogP contribution in [0.15, 0.2) is 48.5 Å². The Bertz CT molecular complexity index is 1120. The summed E-state index contributed by atoms with van der Waals surface area (Å²) in [5, 5.41) is 15.1. The van der Waals surface area contributed by atoms with Crippen LogP contribution in [0.3, 0.4) is 0 Å². The Kier molecular flexibility index (Phi) is 8.47. The molecule has 0 bridgehead atoms. The Hall–Kier alpha value is -2.90. The van der Waals surface area contributed by atoms with Crippen LogP contribution in [0.2, 0.25) is 5.02 Å². The second-order valence-corrected chi connectivity index (χ2v) is 10.9. The second-order valence-electron chi connectivity index (χ2n) is 10.4. The highest BCUT2D eigenvalue weighted by molar-refractivity contribution is 6.30. The van der Waals surface area contributed by atoms with Crippen molar-refractivity contribution in [3.05, 3.63) is 70.2 Å². The summed E-state index contributed by atoms with van der Waals surface area (Å²) in [6.07, 6.45) is 0.365. The highest BCUT2D eigenvalue weighted by Gasteiger charge is 2.50. The van der Waals surface area contributed by atoms with Crippen molar-refractivity contribution in [3.63, 3.8) is 0 Å². The summed E-state index contributed by atoms with van der Waals surface area (Å²) in [6.45, 7) is 9.76. The number of ether oxygens (including phenoxy) is 1. The number of hydrogen-bond donors (Lipinski definition) is 2. The van der Waals surface area contributed by atoms with Gasteiger partial charge in [0.25, 0.3) is 5.91 Å². The van der Waals surface area contributed by atoms with Crippen LogP contribution in [0, 0.1) is 11.3 Å². The van der Waals surface area contributed by atoms with Crippen molar-refractivity contribution in [1.29, 1.82) is 0 Å². The monoisotopic (exact) mass is 514 g/mol. The van der Waals surface area contributed by atoms with Crippen LogP contribution in [-0.2, 0) is 26.5 Å². The van der Waals surface area contributed by atoms with Gasteiger partial charge in [-0.1, -0.05) is 63.6 Å². The molecule has 7 nitrogen and oxygen atoms in total. The van der Waals surface area contributed by atoms with E-state index in [0.717, 1.165) is 5.56 Å². The number of halogens is 1. The molecule has 2 unspecified atom stereocenters. The molecular formula is C28H35ClN2O5. The Balaban J connectivity index is 1.74. The van der Waals surface area contributed by atoms with E-state index in [-0.39, 0.29) is 24.3 Å². The van der Waals surface area contributed by atoms with Gasteiger partial charge in [0.15, 0.2) is 0 Å². The number of piperidine rings is 1. The van der Waals surface area contributed by atoms with E-state index < -0.39 is 23.0 Å². The van der Waals surface area contributed by atoms with Crippen molar-refractivity contribution in [2.24, 2.45) is 11.3 Å². The number of carbonyl (C=O) groups is 3. The molecule has 2 aromatic carbocycles. The van der Waals surface area contributed by atoms with Crippen LogP contribution in [0.25, 0.3) is 0 Å². The third-order valence-electron chi connectivity index (χ3n) is 6.93. The zero-order valence-corrected chi connectivity index (χ0v) is 22.3.